The van der Waals surface area contributed by atoms with Gasteiger partial charge in [-0.2, -0.15) is 4.98 Å². The van der Waals surface area contributed by atoms with Crippen LogP contribution in [0.1, 0.15) is 63.0 Å². The highest BCUT2D eigenvalue weighted by Crippen LogP contribution is 2.34. The van der Waals surface area contributed by atoms with Crippen LogP contribution in [0.3, 0.4) is 0 Å². The van der Waals surface area contributed by atoms with Crippen LogP contribution in [0.15, 0.2) is 48.6 Å². The first kappa shape index (κ1) is 28.0. The van der Waals surface area contributed by atoms with Crippen molar-refractivity contribution in [3.8, 4) is 0 Å². The van der Waals surface area contributed by atoms with Crippen molar-refractivity contribution in [1.82, 2.24) is 29.7 Å². The van der Waals surface area contributed by atoms with E-state index in [2.05, 4.69) is 31.7 Å². The average molecular weight is 537 g/mol. The summed E-state index contributed by atoms with van der Waals surface area (Å²) in [7, 11) is 1.64. The van der Waals surface area contributed by atoms with Crippen LogP contribution in [0.25, 0.3) is 11.0 Å². The minimum Gasteiger partial charge on any atom is -0.444 e. The molecule has 0 aromatic carbocycles. The lowest BCUT2D eigenvalue weighted by Gasteiger charge is -2.37. The summed E-state index contributed by atoms with van der Waals surface area (Å²) in [6, 6.07) is 2.10. The van der Waals surface area contributed by atoms with Crippen molar-refractivity contribution in [2.24, 2.45) is 5.73 Å². The van der Waals surface area contributed by atoms with E-state index in [1.165, 1.54) is 0 Å². The molecule has 2 fully saturated rings. The third-order valence-corrected chi connectivity index (χ3v) is 6.92. The maximum atomic E-state index is 12.6. The second kappa shape index (κ2) is 11.8. The third-order valence-electron chi connectivity index (χ3n) is 6.92. The molecule has 3 heterocycles. The Hall–Kier alpha value is -4.02. The Kier molecular flexibility index (Phi) is 8.47. The van der Waals surface area contributed by atoms with Gasteiger partial charge < -0.3 is 35.5 Å². The number of hydrogen-bond acceptors (Lipinski definition) is 8. The number of rotatable bonds is 7. The Morgan fingerprint density at radius 1 is 1.13 bits per heavy atom. The number of nitrogens with zero attached hydrogens (tertiary/aromatic N) is 5. The lowest BCUT2D eigenvalue weighted by molar-refractivity contribution is 0.0171. The van der Waals surface area contributed by atoms with Crippen LogP contribution in [0.2, 0.25) is 0 Å². The first-order valence-corrected chi connectivity index (χ1v) is 13.5. The molecule has 1 saturated heterocycles. The zero-order valence-corrected chi connectivity index (χ0v) is 23.4. The molecule has 210 valence electrons. The fourth-order valence-corrected chi connectivity index (χ4v) is 5.01. The monoisotopic (exact) mass is 536 g/mol. The van der Waals surface area contributed by atoms with E-state index in [-0.39, 0.29) is 18.0 Å². The molecule has 0 bridgehead atoms. The minimum absolute atomic E-state index is 0.130. The van der Waals surface area contributed by atoms with Gasteiger partial charge in [-0.05, 0) is 51.8 Å². The Morgan fingerprint density at radius 3 is 2.41 bits per heavy atom. The number of piperazine rings is 1. The van der Waals surface area contributed by atoms with E-state index in [0.29, 0.717) is 43.5 Å². The van der Waals surface area contributed by atoms with Crippen molar-refractivity contribution in [3.63, 3.8) is 0 Å². The zero-order chi connectivity index (χ0) is 28.2. The molecular formula is C28H40N8O3. The predicted octanol–water partition coefficient (Wildman–Crippen LogP) is 3.74. The number of aromatic nitrogens is 3. The van der Waals surface area contributed by atoms with Crippen LogP contribution in [0.5, 0.6) is 0 Å². The van der Waals surface area contributed by atoms with Gasteiger partial charge in [-0.15, -0.1) is 0 Å². The number of amides is 2. The highest BCUT2D eigenvalue weighted by atomic mass is 16.6. The van der Waals surface area contributed by atoms with Crippen LogP contribution in [-0.4, -0.2) is 75.2 Å². The molecule has 1 aliphatic heterocycles. The highest BCUT2D eigenvalue weighted by Gasteiger charge is 2.27. The highest BCUT2D eigenvalue weighted by molar-refractivity contribution is 5.98. The first-order valence-electron chi connectivity index (χ1n) is 13.5. The van der Waals surface area contributed by atoms with Crippen molar-refractivity contribution in [2.45, 2.75) is 58.1 Å². The molecular weight excluding hydrogens is 496 g/mol. The standard InChI is InChI=1S/C28H40N8O3/c1-19(10-11-22(17-29)34-12-14-35(15-13-34)27(38)39-28(2,3)4)32-26-31-18-20-16-23(25(37)30-5)36(24(20)33-26)21-8-6-7-9-21/h10-11,16-18,21H,1,6-9,12-15,29H2,2-5H3,(H,30,37)(H,31,32,33)/b11-10-,22-17+. The molecule has 1 saturated carbocycles. The van der Waals surface area contributed by atoms with Gasteiger partial charge in [0.25, 0.3) is 5.91 Å². The summed E-state index contributed by atoms with van der Waals surface area (Å²) in [5.74, 6) is 0.275. The maximum absolute atomic E-state index is 12.6. The molecule has 2 amide bonds. The molecule has 11 heteroatoms. The summed E-state index contributed by atoms with van der Waals surface area (Å²) in [4.78, 5) is 37.9. The Morgan fingerprint density at radius 2 is 1.79 bits per heavy atom. The number of hydrogen-bond donors (Lipinski definition) is 3. The topological polar surface area (TPSA) is 131 Å². The Labute approximate surface area is 229 Å². The van der Waals surface area contributed by atoms with Crippen LogP contribution in [-0.2, 0) is 4.74 Å². The normalized spacial score (nSPS) is 17.2. The van der Waals surface area contributed by atoms with Crippen LogP contribution in [0, 0.1) is 0 Å². The van der Waals surface area contributed by atoms with E-state index in [4.69, 9.17) is 15.5 Å². The van der Waals surface area contributed by atoms with E-state index in [0.717, 1.165) is 42.4 Å². The average Bonchev–Trinajstić information content (AvgIpc) is 3.55. The summed E-state index contributed by atoms with van der Waals surface area (Å²) in [6.07, 6.45) is 11.0. The molecule has 0 atom stereocenters. The molecule has 11 nitrogen and oxygen atoms in total. The molecule has 2 aromatic rings. The second-order valence-corrected chi connectivity index (χ2v) is 10.9. The number of nitrogens with two attached hydrogens (primary N) is 1. The molecule has 2 aromatic heterocycles. The van der Waals surface area contributed by atoms with Gasteiger partial charge in [0.15, 0.2) is 0 Å². The van der Waals surface area contributed by atoms with Crippen molar-refractivity contribution >= 4 is 29.0 Å². The van der Waals surface area contributed by atoms with Gasteiger partial charge in [-0.3, -0.25) is 4.79 Å². The maximum Gasteiger partial charge on any atom is 0.410 e. The third kappa shape index (κ3) is 6.71. The quantitative estimate of drug-likeness (QED) is 0.456. The first-order chi connectivity index (χ1) is 18.6. The molecule has 0 radical (unpaired) electrons. The summed E-state index contributed by atoms with van der Waals surface area (Å²) < 4.78 is 7.53. The number of nitrogens with one attached hydrogen (secondary N) is 2. The number of carbonyl (C=O) groups excluding carboxylic acids is 2. The van der Waals surface area contributed by atoms with Crippen molar-refractivity contribution < 1.29 is 14.3 Å². The molecule has 39 heavy (non-hydrogen) atoms. The van der Waals surface area contributed by atoms with Crippen molar-refractivity contribution in [2.75, 3.05) is 38.5 Å². The Bertz CT molecular complexity index is 1280. The fourth-order valence-electron chi connectivity index (χ4n) is 5.01. The largest absolute Gasteiger partial charge is 0.444 e. The minimum atomic E-state index is -0.521. The Balaban J connectivity index is 1.41. The van der Waals surface area contributed by atoms with E-state index < -0.39 is 5.60 Å². The molecule has 4 N–H and O–H groups in total. The molecule has 2 aliphatic rings. The van der Waals surface area contributed by atoms with Crippen LogP contribution < -0.4 is 16.4 Å². The van der Waals surface area contributed by atoms with Gasteiger partial charge in [-0.25, -0.2) is 9.78 Å². The number of fused-ring (bicyclic) bond motifs is 1. The van der Waals surface area contributed by atoms with Gasteiger partial charge in [0.2, 0.25) is 5.95 Å². The van der Waals surface area contributed by atoms with E-state index in [9.17, 15) is 9.59 Å². The van der Waals surface area contributed by atoms with Gasteiger partial charge in [0, 0.05) is 62.7 Å². The molecule has 0 unspecified atom stereocenters. The molecule has 0 spiro atoms. The summed E-state index contributed by atoms with van der Waals surface area (Å²) in [5, 5.41) is 6.72. The van der Waals surface area contributed by atoms with Crippen LogP contribution >= 0.6 is 0 Å². The lowest BCUT2D eigenvalue weighted by atomic mass is 10.2. The van der Waals surface area contributed by atoms with E-state index in [1.807, 2.05) is 39.0 Å². The number of anilines is 1. The smallest absolute Gasteiger partial charge is 0.410 e. The molecule has 1 aliphatic carbocycles. The number of ether oxygens (including phenoxy) is 1. The van der Waals surface area contributed by atoms with Gasteiger partial charge in [-0.1, -0.05) is 19.4 Å². The predicted molar refractivity (Wildman–Crippen MR) is 152 cm³/mol. The van der Waals surface area contributed by atoms with Gasteiger partial charge >= 0.3 is 6.09 Å². The van der Waals surface area contributed by atoms with E-state index >= 15 is 0 Å². The summed E-state index contributed by atoms with van der Waals surface area (Å²) in [5.41, 5.74) is 8.16. The van der Waals surface area contributed by atoms with Gasteiger partial charge in [0.05, 0.1) is 5.70 Å². The summed E-state index contributed by atoms with van der Waals surface area (Å²) in [6.45, 7) is 12.0. The molecule has 4 rings (SSSR count). The number of allylic oxidation sites excluding steroid dienone is 2. The summed E-state index contributed by atoms with van der Waals surface area (Å²) >= 11 is 0. The second-order valence-electron chi connectivity index (χ2n) is 10.9. The zero-order valence-electron chi connectivity index (χ0n) is 23.4. The van der Waals surface area contributed by atoms with Crippen molar-refractivity contribution in [1.29, 1.82) is 0 Å². The van der Waals surface area contributed by atoms with Gasteiger partial charge in [0.1, 0.15) is 16.9 Å². The van der Waals surface area contributed by atoms with Crippen LogP contribution in [0.4, 0.5) is 10.7 Å². The SMILES string of the molecule is C=C(/C=C\C(=C/N)N1CCN(C(=O)OC(C)(C)C)CC1)Nc1ncc2cc(C(=O)NC)n(C3CCCC3)c2n1. The van der Waals surface area contributed by atoms with E-state index in [1.54, 1.807) is 24.3 Å². The number of carbonyl (C=O) groups is 2. The fraction of sp³-hybridized carbons (Fsp3) is 0.500. The lowest BCUT2D eigenvalue weighted by Crippen LogP contribution is -2.49. The van der Waals surface area contributed by atoms with Crippen molar-refractivity contribution in [3.05, 3.63) is 54.3 Å².